The average Bonchev–Trinajstić information content (AvgIpc) is 3.23. The molecule has 1 saturated carbocycles. The van der Waals surface area contributed by atoms with Crippen LogP contribution in [0.15, 0.2) is 30.3 Å². The Morgan fingerprint density at radius 3 is 2.49 bits per heavy atom. The maximum Gasteiger partial charge on any atom is 0.318 e. The predicted octanol–water partition coefficient (Wildman–Crippen LogP) is 5.95. The van der Waals surface area contributed by atoms with Crippen LogP contribution >= 0.6 is 0 Å². The quantitative estimate of drug-likeness (QED) is 0.434. The molecule has 2 N–H and O–H groups in total. The molecule has 1 aromatic carbocycles. The number of aromatic nitrogens is 2. The van der Waals surface area contributed by atoms with Crippen LogP contribution < -0.4 is 10.6 Å². The molecular formula is C28H43N5O2. The van der Waals surface area contributed by atoms with Crippen molar-refractivity contribution < 1.29 is 9.59 Å². The van der Waals surface area contributed by atoms with Gasteiger partial charge in [0, 0.05) is 24.1 Å². The summed E-state index contributed by atoms with van der Waals surface area (Å²) in [6, 6.07) is 10.0. The lowest BCUT2D eigenvalue weighted by Gasteiger charge is -2.28. The van der Waals surface area contributed by atoms with Gasteiger partial charge in [0.2, 0.25) is 5.91 Å². The van der Waals surface area contributed by atoms with Crippen LogP contribution in [0.1, 0.15) is 90.3 Å². The van der Waals surface area contributed by atoms with Crippen LogP contribution in [-0.4, -0.2) is 45.8 Å². The third-order valence-electron chi connectivity index (χ3n) is 6.67. The zero-order valence-corrected chi connectivity index (χ0v) is 22.2. The summed E-state index contributed by atoms with van der Waals surface area (Å²) >= 11 is 0. The van der Waals surface area contributed by atoms with Gasteiger partial charge < -0.3 is 15.5 Å². The first-order chi connectivity index (χ1) is 16.7. The molecule has 1 aliphatic carbocycles. The van der Waals surface area contributed by atoms with Crippen LogP contribution in [0.25, 0.3) is 5.69 Å². The number of aryl methyl sites for hydroxylation is 1. The van der Waals surface area contributed by atoms with Gasteiger partial charge in [0.25, 0.3) is 0 Å². The number of urea groups is 1. The lowest BCUT2D eigenvalue weighted by Crippen LogP contribution is -2.48. The molecule has 1 aromatic heterocycles. The highest BCUT2D eigenvalue weighted by molar-refractivity contribution is 5.94. The number of hydrogen-bond donors (Lipinski definition) is 2. The van der Waals surface area contributed by atoms with E-state index in [2.05, 4.69) is 38.3 Å². The summed E-state index contributed by atoms with van der Waals surface area (Å²) in [5.41, 5.74) is 2.72. The summed E-state index contributed by atoms with van der Waals surface area (Å²) in [7, 11) is 0. The summed E-state index contributed by atoms with van der Waals surface area (Å²) in [4.78, 5) is 28.0. The third-order valence-corrected chi connectivity index (χ3v) is 6.67. The van der Waals surface area contributed by atoms with Gasteiger partial charge in [-0.15, -0.1) is 0 Å². The number of unbranched alkanes of at least 4 members (excludes halogenated alkanes) is 2. The second-order valence-corrected chi connectivity index (χ2v) is 10.8. The fourth-order valence-electron chi connectivity index (χ4n) is 4.49. The molecular weight excluding hydrogens is 438 g/mol. The van der Waals surface area contributed by atoms with Crippen molar-refractivity contribution in [3.8, 4) is 5.69 Å². The van der Waals surface area contributed by atoms with Gasteiger partial charge in [0.15, 0.2) is 0 Å². The molecule has 0 unspecified atom stereocenters. The largest absolute Gasteiger partial charge is 0.335 e. The maximum absolute atomic E-state index is 13.2. The van der Waals surface area contributed by atoms with E-state index in [4.69, 9.17) is 5.10 Å². The van der Waals surface area contributed by atoms with Crippen molar-refractivity contribution in [1.29, 1.82) is 0 Å². The highest BCUT2D eigenvalue weighted by atomic mass is 16.2. The number of hydrogen-bond acceptors (Lipinski definition) is 3. The monoisotopic (exact) mass is 481 g/mol. The van der Waals surface area contributed by atoms with E-state index in [-0.39, 0.29) is 29.9 Å². The number of nitrogens with one attached hydrogen (secondary N) is 2. The molecule has 7 nitrogen and oxygen atoms in total. The van der Waals surface area contributed by atoms with Gasteiger partial charge in [0.1, 0.15) is 12.4 Å². The molecule has 0 bridgehead atoms. The maximum atomic E-state index is 13.2. The Hall–Kier alpha value is -2.83. The van der Waals surface area contributed by atoms with Crippen molar-refractivity contribution in [3.63, 3.8) is 0 Å². The van der Waals surface area contributed by atoms with Gasteiger partial charge in [-0.25, -0.2) is 9.48 Å². The summed E-state index contributed by atoms with van der Waals surface area (Å²) in [5.74, 6) is 0.408. The van der Waals surface area contributed by atoms with Gasteiger partial charge in [-0.05, 0) is 37.8 Å². The Morgan fingerprint density at radius 1 is 1.11 bits per heavy atom. The van der Waals surface area contributed by atoms with Crippen molar-refractivity contribution in [1.82, 2.24) is 20.0 Å². The highest BCUT2D eigenvalue weighted by Crippen LogP contribution is 2.27. The number of anilines is 1. The normalized spacial score (nSPS) is 14.5. The SMILES string of the molecule is CCCCCN(CC(=O)Nc1cc(C(C)(C)C)nn1-c1ccccc1C)C(=O)NC1CCCCC1. The molecule has 35 heavy (non-hydrogen) atoms. The molecule has 7 heteroatoms. The minimum atomic E-state index is -0.213. The highest BCUT2D eigenvalue weighted by Gasteiger charge is 2.24. The molecule has 0 spiro atoms. The number of amides is 3. The van der Waals surface area contributed by atoms with Gasteiger partial charge in [0.05, 0.1) is 11.4 Å². The first-order valence-corrected chi connectivity index (χ1v) is 13.2. The Kier molecular flexibility index (Phi) is 9.35. The smallest absolute Gasteiger partial charge is 0.318 e. The van der Waals surface area contributed by atoms with Gasteiger partial charge in [-0.3, -0.25) is 4.79 Å². The molecule has 0 radical (unpaired) electrons. The van der Waals surface area contributed by atoms with Crippen LogP contribution in [0.5, 0.6) is 0 Å². The fraction of sp³-hybridized carbons (Fsp3) is 0.607. The molecule has 0 saturated heterocycles. The summed E-state index contributed by atoms with van der Waals surface area (Å²) in [5, 5.41) is 11.0. The zero-order chi connectivity index (χ0) is 25.4. The van der Waals surface area contributed by atoms with Crippen LogP contribution in [0, 0.1) is 6.92 Å². The second-order valence-electron chi connectivity index (χ2n) is 10.8. The second kappa shape index (κ2) is 12.2. The Balaban J connectivity index is 1.77. The predicted molar refractivity (Wildman–Crippen MR) is 142 cm³/mol. The molecule has 0 atom stereocenters. The first kappa shape index (κ1) is 26.8. The van der Waals surface area contributed by atoms with Crippen LogP contribution in [0.2, 0.25) is 0 Å². The molecule has 1 fully saturated rings. The lowest BCUT2D eigenvalue weighted by molar-refractivity contribution is -0.116. The van der Waals surface area contributed by atoms with Crippen molar-refractivity contribution in [2.75, 3.05) is 18.4 Å². The summed E-state index contributed by atoms with van der Waals surface area (Å²) in [6.45, 7) is 11.1. The fourth-order valence-corrected chi connectivity index (χ4v) is 4.49. The van der Waals surface area contributed by atoms with Gasteiger partial charge >= 0.3 is 6.03 Å². The number of nitrogens with zero attached hydrogens (tertiary/aromatic N) is 3. The number of carbonyl (C=O) groups is 2. The van der Waals surface area contributed by atoms with E-state index in [1.807, 2.05) is 37.3 Å². The van der Waals surface area contributed by atoms with E-state index in [0.717, 1.165) is 61.9 Å². The van der Waals surface area contributed by atoms with E-state index in [0.29, 0.717) is 12.4 Å². The van der Waals surface area contributed by atoms with E-state index in [1.165, 1.54) is 6.42 Å². The Morgan fingerprint density at radius 2 is 1.83 bits per heavy atom. The van der Waals surface area contributed by atoms with E-state index >= 15 is 0 Å². The lowest BCUT2D eigenvalue weighted by atomic mass is 9.92. The number of carbonyl (C=O) groups excluding carboxylic acids is 2. The van der Waals surface area contributed by atoms with Crippen molar-refractivity contribution in [3.05, 3.63) is 41.6 Å². The van der Waals surface area contributed by atoms with Crippen LogP contribution in [0.4, 0.5) is 10.6 Å². The number of benzene rings is 1. The first-order valence-electron chi connectivity index (χ1n) is 13.2. The van der Waals surface area contributed by atoms with Gasteiger partial charge in [-0.1, -0.05) is 78.0 Å². The molecule has 2 aromatic rings. The van der Waals surface area contributed by atoms with Crippen molar-refractivity contribution in [2.24, 2.45) is 0 Å². The van der Waals surface area contributed by atoms with E-state index < -0.39 is 0 Å². The summed E-state index contributed by atoms with van der Waals surface area (Å²) in [6.07, 6.45) is 8.56. The molecule has 0 aliphatic heterocycles. The number of rotatable bonds is 9. The minimum Gasteiger partial charge on any atom is -0.335 e. The zero-order valence-electron chi connectivity index (χ0n) is 22.2. The third kappa shape index (κ3) is 7.58. The molecule has 3 rings (SSSR count). The summed E-state index contributed by atoms with van der Waals surface area (Å²) < 4.78 is 1.80. The van der Waals surface area contributed by atoms with Crippen LogP contribution in [0.3, 0.4) is 0 Å². The molecule has 1 aliphatic rings. The standard InChI is InChI=1S/C28H43N5O2/c1-6-7-13-18-32(27(35)29-22-15-9-8-10-16-22)20-26(34)30-25-19-24(28(3,4)5)31-33(25)23-17-12-11-14-21(23)2/h11-12,14,17,19,22H,6-10,13,15-16,18,20H2,1-5H3,(H,29,35)(H,30,34). The topological polar surface area (TPSA) is 79.3 Å². The van der Waals surface area contributed by atoms with Gasteiger partial charge in [-0.2, -0.15) is 5.10 Å². The number of para-hydroxylation sites is 1. The molecule has 3 amide bonds. The Bertz CT molecular complexity index is 985. The van der Waals surface area contributed by atoms with E-state index in [1.54, 1.807) is 9.58 Å². The van der Waals surface area contributed by atoms with Crippen LogP contribution in [-0.2, 0) is 10.2 Å². The van der Waals surface area contributed by atoms with E-state index in [9.17, 15) is 9.59 Å². The Labute approximate surface area is 210 Å². The van der Waals surface area contributed by atoms with Crippen molar-refractivity contribution in [2.45, 2.75) is 97.4 Å². The average molecular weight is 482 g/mol. The molecule has 192 valence electrons. The molecule has 1 heterocycles. The van der Waals surface area contributed by atoms with Crippen molar-refractivity contribution >= 4 is 17.8 Å². The minimum absolute atomic E-state index is 0.0199.